The van der Waals surface area contributed by atoms with Crippen LogP contribution in [0.5, 0.6) is 5.75 Å². The van der Waals surface area contributed by atoms with E-state index in [1.165, 1.54) is 13.0 Å². The van der Waals surface area contributed by atoms with Crippen molar-refractivity contribution in [3.63, 3.8) is 0 Å². The highest BCUT2D eigenvalue weighted by atomic mass is 19.4. The minimum atomic E-state index is -5.11. The zero-order valence-corrected chi connectivity index (χ0v) is 17.3. The highest BCUT2D eigenvalue weighted by Gasteiger charge is 2.61. The molecule has 166 valence electrons. The van der Waals surface area contributed by atoms with E-state index in [0.717, 1.165) is 0 Å². The van der Waals surface area contributed by atoms with Crippen LogP contribution in [0.3, 0.4) is 0 Å². The third-order valence-electron chi connectivity index (χ3n) is 5.05. The topological polar surface area (TPSA) is 74.7 Å². The summed E-state index contributed by atoms with van der Waals surface area (Å²) >= 11 is 0. The summed E-state index contributed by atoms with van der Waals surface area (Å²) in [5.41, 5.74) is 0.258. The number of hydrazine groups is 1. The Balaban J connectivity index is 1.86. The number of carbonyl (C=O) groups excluding carboxylic acids is 1. The molecular weight excluding hydrogens is 423 g/mol. The monoisotopic (exact) mass is 443 g/mol. The van der Waals surface area contributed by atoms with Gasteiger partial charge in [0, 0.05) is 16.6 Å². The number of para-hydroxylation sites is 1. The Morgan fingerprint density at radius 3 is 2.66 bits per heavy atom. The number of hydrogen-bond acceptors (Lipinski definition) is 5. The fraction of sp³-hybridized carbons (Fsp3) is 0.217. The summed E-state index contributed by atoms with van der Waals surface area (Å²) in [6.07, 6.45) is -4.54. The molecule has 1 atom stereocenters. The van der Waals surface area contributed by atoms with Crippen molar-refractivity contribution in [2.24, 2.45) is 0 Å². The van der Waals surface area contributed by atoms with Crippen LogP contribution >= 0.6 is 0 Å². The second kappa shape index (κ2) is 7.83. The van der Waals surface area contributed by atoms with E-state index < -0.39 is 17.8 Å². The van der Waals surface area contributed by atoms with Gasteiger partial charge in [0.1, 0.15) is 5.75 Å². The molecule has 1 aliphatic rings. The molecule has 0 spiro atoms. The zero-order valence-electron chi connectivity index (χ0n) is 17.3. The number of allylic oxidation sites excluding steroid dienone is 1. The van der Waals surface area contributed by atoms with E-state index in [1.54, 1.807) is 48.5 Å². The molecule has 0 bridgehead atoms. The quantitative estimate of drug-likeness (QED) is 0.625. The van der Waals surface area contributed by atoms with E-state index in [4.69, 9.17) is 4.74 Å². The third kappa shape index (κ3) is 3.64. The Bertz CT molecular complexity index is 1230. The molecular formula is C23H20F3N3O3. The molecule has 2 N–H and O–H groups in total. The molecule has 0 saturated carbocycles. The molecule has 0 fully saturated rings. The maximum atomic E-state index is 13.7. The van der Waals surface area contributed by atoms with Gasteiger partial charge in [-0.15, -0.1) is 0 Å². The van der Waals surface area contributed by atoms with Gasteiger partial charge in [-0.1, -0.05) is 30.3 Å². The van der Waals surface area contributed by atoms with Crippen molar-refractivity contribution in [3.05, 3.63) is 71.9 Å². The Morgan fingerprint density at radius 2 is 1.94 bits per heavy atom. The van der Waals surface area contributed by atoms with Crippen LogP contribution in [-0.4, -0.2) is 39.5 Å². The van der Waals surface area contributed by atoms with Crippen molar-refractivity contribution in [3.8, 4) is 17.0 Å². The first-order valence-electron chi connectivity index (χ1n) is 9.87. The highest BCUT2D eigenvalue weighted by molar-refractivity contribution is 6.07. The van der Waals surface area contributed by atoms with Crippen molar-refractivity contribution >= 4 is 16.8 Å². The lowest BCUT2D eigenvalue weighted by Gasteiger charge is -2.34. The van der Waals surface area contributed by atoms with Gasteiger partial charge in [-0.2, -0.15) is 13.2 Å². The number of ether oxygens (including phenoxy) is 1. The average Bonchev–Trinajstić information content (AvgIpc) is 3.08. The molecule has 2 heterocycles. The van der Waals surface area contributed by atoms with Gasteiger partial charge in [0.25, 0.3) is 11.6 Å². The van der Waals surface area contributed by atoms with E-state index in [9.17, 15) is 23.1 Å². The third-order valence-corrected chi connectivity index (χ3v) is 5.05. The number of aromatic nitrogens is 1. The first-order chi connectivity index (χ1) is 15.1. The van der Waals surface area contributed by atoms with Crippen LogP contribution in [0.1, 0.15) is 24.2 Å². The smallest absolute Gasteiger partial charge is 0.442 e. The molecule has 4 rings (SSSR count). The van der Waals surface area contributed by atoms with Gasteiger partial charge < -0.3 is 9.84 Å². The molecule has 1 amide bonds. The summed E-state index contributed by atoms with van der Waals surface area (Å²) in [4.78, 5) is 17.9. The molecule has 1 aliphatic heterocycles. The number of halogens is 3. The van der Waals surface area contributed by atoms with E-state index in [1.807, 2.05) is 6.92 Å². The van der Waals surface area contributed by atoms with Crippen molar-refractivity contribution in [2.45, 2.75) is 25.7 Å². The van der Waals surface area contributed by atoms with E-state index in [0.29, 0.717) is 40.6 Å². The van der Waals surface area contributed by atoms with Crippen LogP contribution in [0, 0.1) is 0 Å². The predicted molar refractivity (Wildman–Crippen MR) is 112 cm³/mol. The average molecular weight is 443 g/mol. The summed E-state index contributed by atoms with van der Waals surface area (Å²) in [7, 11) is 0. The van der Waals surface area contributed by atoms with Gasteiger partial charge in [-0.25, -0.2) is 9.99 Å². The minimum absolute atomic E-state index is 0.00109. The second-order valence-corrected chi connectivity index (χ2v) is 7.34. The number of carbonyl (C=O) groups is 1. The first-order valence-corrected chi connectivity index (χ1v) is 9.87. The standard InChI is InChI=1S/C23H20F3N3O3/c1-3-32-16-8-6-7-15(11-16)20-12-18(17-9-4-5-10-19(17)27-20)21(30)29-22(31,23(24,25)26)13-14(2)28-29/h4-13,28,31H,3H2,1-2H3. The second-order valence-electron chi connectivity index (χ2n) is 7.34. The van der Waals surface area contributed by atoms with E-state index in [2.05, 4.69) is 10.4 Å². The Morgan fingerprint density at radius 1 is 1.19 bits per heavy atom. The fourth-order valence-electron chi connectivity index (χ4n) is 3.61. The van der Waals surface area contributed by atoms with Gasteiger partial charge in [0.15, 0.2) is 0 Å². The first kappa shape index (κ1) is 21.6. The van der Waals surface area contributed by atoms with E-state index >= 15 is 0 Å². The summed E-state index contributed by atoms with van der Waals surface area (Å²) in [5.74, 6) is -0.445. The van der Waals surface area contributed by atoms with Gasteiger partial charge in [0.2, 0.25) is 0 Å². The molecule has 32 heavy (non-hydrogen) atoms. The van der Waals surface area contributed by atoms with Crippen molar-refractivity contribution in [1.29, 1.82) is 0 Å². The van der Waals surface area contributed by atoms with Gasteiger partial charge in [-0.3, -0.25) is 10.2 Å². The molecule has 3 aromatic rings. The van der Waals surface area contributed by atoms with Crippen LogP contribution < -0.4 is 10.2 Å². The summed E-state index contributed by atoms with van der Waals surface area (Å²) in [6, 6.07) is 15.1. The van der Waals surface area contributed by atoms with Crippen molar-refractivity contribution in [1.82, 2.24) is 15.4 Å². The van der Waals surface area contributed by atoms with Gasteiger partial charge in [-0.05, 0) is 44.2 Å². The molecule has 6 nitrogen and oxygen atoms in total. The van der Waals surface area contributed by atoms with Gasteiger partial charge in [0.05, 0.1) is 23.4 Å². The SMILES string of the molecule is CCOc1cccc(-c2cc(C(=O)N3NC(C)=CC3(O)C(F)(F)F)c3ccccc3n2)c1. The molecule has 0 aliphatic carbocycles. The van der Waals surface area contributed by atoms with E-state index in [-0.39, 0.29) is 16.3 Å². The number of nitrogens with zero attached hydrogens (tertiary/aromatic N) is 2. The molecule has 0 saturated heterocycles. The van der Waals surface area contributed by atoms with Crippen LogP contribution in [0.15, 0.2) is 66.4 Å². The lowest BCUT2D eigenvalue weighted by molar-refractivity contribution is -0.283. The zero-order chi connectivity index (χ0) is 23.1. The largest absolute Gasteiger partial charge is 0.494 e. The van der Waals surface area contributed by atoms with Crippen LogP contribution in [0.4, 0.5) is 13.2 Å². The number of rotatable bonds is 4. The molecule has 0 radical (unpaired) electrons. The highest BCUT2D eigenvalue weighted by Crippen LogP contribution is 2.39. The normalized spacial score (nSPS) is 18.4. The fourth-order valence-corrected chi connectivity index (χ4v) is 3.61. The number of aliphatic hydroxyl groups is 1. The number of alkyl halides is 3. The molecule has 1 aromatic heterocycles. The number of amides is 1. The lowest BCUT2D eigenvalue weighted by Crippen LogP contribution is -2.60. The number of hydrogen-bond donors (Lipinski definition) is 2. The van der Waals surface area contributed by atoms with Crippen LogP contribution in [0.25, 0.3) is 22.2 Å². The predicted octanol–water partition coefficient (Wildman–Crippen LogP) is 4.42. The number of benzene rings is 2. The number of nitrogens with one attached hydrogen (secondary N) is 1. The Labute approximate surface area is 181 Å². The molecule has 1 unspecified atom stereocenters. The maximum absolute atomic E-state index is 13.7. The molecule has 2 aromatic carbocycles. The molecule has 9 heteroatoms. The van der Waals surface area contributed by atoms with Crippen LogP contribution in [0.2, 0.25) is 0 Å². The van der Waals surface area contributed by atoms with Crippen molar-refractivity contribution in [2.75, 3.05) is 6.61 Å². The Kier molecular flexibility index (Phi) is 5.29. The maximum Gasteiger partial charge on any atom is 0.442 e. The van der Waals surface area contributed by atoms with Crippen molar-refractivity contribution < 1.29 is 27.8 Å². The number of pyridine rings is 1. The lowest BCUT2D eigenvalue weighted by atomic mass is 10.0. The number of fused-ring (bicyclic) bond motifs is 1. The summed E-state index contributed by atoms with van der Waals surface area (Å²) in [6.45, 7) is 3.64. The van der Waals surface area contributed by atoms with Crippen LogP contribution in [-0.2, 0) is 0 Å². The minimum Gasteiger partial charge on any atom is -0.494 e. The summed E-state index contributed by atoms with van der Waals surface area (Å²) in [5, 5.41) is 10.9. The Hall–Kier alpha value is -3.59. The summed E-state index contributed by atoms with van der Waals surface area (Å²) < 4.78 is 46.5. The van der Waals surface area contributed by atoms with Gasteiger partial charge >= 0.3 is 6.18 Å².